The van der Waals surface area contributed by atoms with Crippen molar-refractivity contribution < 1.29 is 19.0 Å². The molecule has 0 bridgehead atoms. The Balaban J connectivity index is 2.01. The lowest BCUT2D eigenvalue weighted by Crippen LogP contribution is -2.29. The summed E-state index contributed by atoms with van der Waals surface area (Å²) in [7, 11) is 3.20. The standard InChI is InChI=1S/C21H26N2O4S/c1-5-23-11-10-15-17(13-23)28-20(18(15)21(24)27-6-2)22-12-14-8-7-9-16(25-3)19(14)26-4/h7-9,12H,5-6,10-11,13H2,1-4H3/b22-12+. The molecular formula is C21H26N2O4S. The molecule has 1 aromatic heterocycles. The fourth-order valence-corrected chi connectivity index (χ4v) is 4.58. The molecule has 0 atom stereocenters. The number of thiophene rings is 1. The molecule has 3 rings (SSSR count). The van der Waals surface area contributed by atoms with E-state index < -0.39 is 0 Å². The molecule has 2 aromatic rings. The fourth-order valence-electron chi connectivity index (χ4n) is 3.36. The second-order valence-corrected chi connectivity index (χ2v) is 7.45. The number of likely N-dealkylation sites (N-methyl/N-ethyl adjacent to an activating group) is 1. The number of benzene rings is 1. The summed E-state index contributed by atoms with van der Waals surface area (Å²) in [5, 5.41) is 0.686. The van der Waals surface area contributed by atoms with Crippen molar-refractivity contribution in [2.24, 2.45) is 4.99 Å². The fraction of sp³-hybridized carbons (Fsp3) is 0.429. The van der Waals surface area contributed by atoms with Crippen LogP contribution in [0.5, 0.6) is 11.5 Å². The number of methoxy groups -OCH3 is 2. The maximum Gasteiger partial charge on any atom is 0.341 e. The lowest BCUT2D eigenvalue weighted by molar-refractivity contribution is 0.0526. The molecule has 0 radical (unpaired) electrons. The third-order valence-electron chi connectivity index (χ3n) is 4.80. The first kappa shape index (κ1) is 20.4. The summed E-state index contributed by atoms with van der Waals surface area (Å²) in [6.45, 7) is 7.10. The molecule has 0 saturated carbocycles. The van der Waals surface area contributed by atoms with Gasteiger partial charge in [-0.3, -0.25) is 4.90 Å². The number of esters is 1. The van der Waals surface area contributed by atoms with Crippen LogP contribution in [0.4, 0.5) is 5.00 Å². The van der Waals surface area contributed by atoms with Crippen LogP contribution in [0.15, 0.2) is 23.2 Å². The van der Waals surface area contributed by atoms with Crippen LogP contribution in [0.3, 0.4) is 0 Å². The number of carbonyl (C=O) groups is 1. The zero-order chi connectivity index (χ0) is 20.1. The SMILES string of the molecule is CCOC(=O)c1c(/N=C/c2cccc(OC)c2OC)sc2c1CCN(CC)C2. The quantitative estimate of drug-likeness (QED) is 0.516. The molecular weight excluding hydrogens is 376 g/mol. The van der Waals surface area contributed by atoms with Crippen molar-refractivity contribution in [3.8, 4) is 11.5 Å². The highest BCUT2D eigenvalue weighted by atomic mass is 32.1. The summed E-state index contributed by atoms with van der Waals surface area (Å²) in [6.07, 6.45) is 2.56. The van der Waals surface area contributed by atoms with E-state index in [1.54, 1.807) is 31.8 Å². The van der Waals surface area contributed by atoms with Gasteiger partial charge in [0.1, 0.15) is 5.00 Å². The van der Waals surface area contributed by atoms with Gasteiger partial charge in [-0.1, -0.05) is 13.0 Å². The van der Waals surface area contributed by atoms with E-state index in [0.717, 1.165) is 37.2 Å². The van der Waals surface area contributed by atoms with E-state index >= 15 is 0 Å². The van der Waals surface area contributed by atoms with Crippen LogP contribution < -0.4 is 9.47 Å². The summed E-state index contributed by atoms with van der Waals surface area (Å²) in [4.78, 5) is 20.9. The molecule has 1 aliphatic rings. The van der Waals surface area contributed by atoms with Crippen LogP contribution in [0.1, 0.15) is 40.2 Å². The lowest BCUT2D eigenvalue weighted by atomic mass is 10.0. The van der Waals surface area contributed by atoms with E-state index in [4.69, 9.17) is 14.2 Å². The topological polar surface area (TPSA) is 60.4 Å². The smallest absolute Gasteiger partial charge is 0.341 e. The van der Waals surface area contributed by atoms with Gasteiger partial charge < -0.3 is 14.2 Å². The molecule has 1 aliphatic heterocycles. The van der Waals surface area contributed by atoms with E-state index in [0.29, 0.717) is 28.7 Å². The summed E-state index contributed by atoms with van der Waals surface area (Å²) in [6, 6.07) is 5.62. The first-order valence-corrected chi connectivity index (χ1v) is 10.2. The van der Waals surface area contributed by atoms with Gasteiger partial charge in [0.2, 0.25) is 0 Å². The van der Waals surface area contributed by atoms with E-state index in [-0.39, 0.29) is 5.97 Å². The Labute approximate surface area is 169 Å². The molecule has 0 unspecified atom stereocenters. The molecule has 2 heterocycles. The number of carbonyl (C=O) groups excluding carboxylic acids is 1. The van der Waals surface area contributed by atoms with Gasteiger partial charge in [-0.15, -0.1) is 11.3 Å². The van der Waals surface area contributed by atoms with Crippen molar-refractivity contribution in [2.45, 2.75) is 26.8 Å². The Bertz CT molecular complexity index is 876. The summed E-state index contributed by atoms with van der Waals surface area (Å²) < 4.78 is 16.1. The average molecular weight is 403 g/mol. The summed E-state index contributed by atoms with van der Waals surface area (Å²) in [5.41, 5.74) is 2.48. The number of rotatable bonds is 7. The van der Waals surface area contributed by atoms with Gasteiger partial charge in [0, 0.05) is 29.7 Å². The lowest BCUT2D eigenvalue weighted by Gasteiger charge is -2.25. The minimum absolute atomic E-state index is 0.297. The summed E-state index contributed by atoms with van der Waals surface area (Å²) in [5.74, 6) is 0.959. The predicted octanol–water partition coefficient (Wildman–Crippen LogP) is 4.07. The number of hydrogen-bond donors (Lipinski definition) is 0. The average Bonchev–Trinajstić information content (AvgIpc) is 3.09. The number of aliphatic imine (C=N–C) groups is 1. The number of nitrogens with zero attached hydrogens (tertiary/aromatic N) is 2. The maximum absolute atomic E-state index is 12.6. The van der Waals surface area contributed by atoms with Crippen molar-refractivity contribution in [3.05, 3.63) is 39.8 Å². The van der Waals surface area contributed by atoms with Gasteiger partial charge in [-0.2, -0.15) is 0 Å². The molecule has 6 nitrogen and oxygen atoms in total. The van der Waals surface area contributed by atoms with Crippen molar-refractivity contribution >= 4 is 28.5 Å². The van der Waals surface area contributed by atoms with Crippen LogP contribution >= 0.6 is 11.3 Å². The number of fused-ring (bicyclic) bond motifs is 1. The Hall–Kier alpha value is -2.38. The normalized spacial score (nSPS) is 14.1. The van der Waals surface area contributed by atoms with E-state index in [1.165, 1.54) is 4.88 Å². The third kappa shape index (κ3) is 4.05. The molecule has 0 aliphatic carbocycles. The van der Waals surface area contributed by atoms with Crippen molar-refractivity contribution in [1.82, 2.24) is 4.90 Å². The Morgan fingerprint density at radius 3 is 2.79 bits per heavy atom. The molecule has 1 aromatic carbocycles. The van der Waals surface area contributed by atoms with Crippen LogP contribution in [-0.2, 0) is 17.7 Å². The molecule has 0 N–H and O–H groups in total. The zero-order valence-electron chi connectivity index (χ0n) is 16.8. The second kappa shape index (κ2) is 9.21. The Morgan fingerprint density at radius 1 is 1.29 bits per heavy atom. The first-order chi connectivity index (χ1) is 13.6. The predicted molar refractivity (Wildman–Crippen MR) is 112 cm³/mol. The molecule has 0 spiro atoms. The first-order valence-electron chi connectivity index (χ1n) is 9.41. The van der Waals surface area contributed by atoms with Gasteiger partial charge in [-0.05, 0) is 37.6 Å². The molecule has 7 heteroatoms. The molecule has 0 fully saturated rings. The molecule has 0 saturated heterocycles. The zero-order valence-corrected chi connectivity index (χ0v) is 17.6. The molecule has 150 valence electrons. The van der Waals surface area contributed by atoms with E-state index in [2.05, 4.69) is 16.8 Å². The van der Waals surface area contributed by atoms with Crippen LogP contribution in [0.25, 0.3) is 0 Å². The monoisotopic (exact) mass is 402 g/mol. The highest BCUT2D eigenvalue weighted by Crippen LogP contribution is 2.40. The minimum Gasteiger partial charge on any atom is -0.493 e. The van der Waals surface area contributed by atoms with Crippen molar-refractivity contribution in [3.63, 3.8) is 0 Å². The van der Waals surface area contributed by atoms with Crippen molar-refractivity contribution in [2.75, 3.05) is 33.9 Å². The number of ether oxygens (including phenoxy) is 3. The highest BCUT2D eigenvalue weighted by molar-refractivity contribution is 7.16. The van der Waals surface area contributed by atoms with E-state index in [1.807, 2.05) is 25.1 Å². The largest absolute Gasteiger partial charge is 0.493 e. The number of hydrogen-bond acceptors (Lipinski definition) is 7. The highest BCUT2D eigenvalue weighted by Gasteiger charge is 2.28. The van der Waals surface area contributed by atoms with Crippen LogP contribution in [0.2, 0.25) is 0 Å². The third-order valence-corrected chi connectivity index (χ3v) is 5.92. The van der Waals surface area contributed by atoms with Gasteiger partial charge in [-0.25, -0.2) is 9.79 Å². The minimum atomic E-state index is -0.297. The number of para-hydroxylation sites is 1. The van der Waals surface area contributed by atoms with Crippen LogP contribution in [-0.4, -0.2) is 51.0 Å². The van der Waals surface area contributed by atoms with Gasteiger partial charge in [0.05, 0.1) is 26.4 Å². The van der Waals surface area contributed by atoms with Gasteiger partial charge in [0.15, 0.2) is 11.5 Å². The van der Waals surface area contributed by atoms with Crippen LogP contribution in [0, 0.1) is 0 Å². The van der Waals surface area contributed by atoms with Crippen molar-refractivity contribution in [1.29, 1.82) is 0 Å². The molecule has 0 amide bonds. The Morgan fingerprint density at radius 2 is 2.11 bits per heavy atom. The maximum atomic E-state index is 12.6. The summed E-state index contributed by atoms with van der Waals surface area (Å²) >= 11 is 1.57. The van der Waals surface area contributed by atoms with E-state index in [9.17, 15) is 4.79 Å². The van der Waals surface area contributed by atoms with Gasteiger partial charge >= 0.3 is 5.97 Å². The van der Waals surface area contributed by atoms with Gasteiger partial charge in [0.25, 0.3) is 0 Å². The second-order valence-electron chi connectivity index (χ2n) is 6.36. The molecule has 28 heavy (non-hydrogen) atoms. The Kier molecular flexibility index (Phi) is 6.70.